The first-order chi connectivity index (χ1) is 10.2. The lowest BCUT2D eigenvalue weighted by Crippen LogP contribution is -2.34. The van der Waals surface area contributed by atoms with Crippen molar-refractivity contribution in [3.63, 3.8) is 0 Å². The van der Waals surface area contributed by atoms with E-state index in [1.54, 1.807) is 0 Å². The van der Waals surface area contributed by atoms with Gasteiger partial charge in [-0.1, -0.05) is 51.1 Å². The Labute approximate surface area is 131 Å². The van der Waals surface area contributed by atoms with E-state index in [4.69, 9.17) is 5.11 Å². The molecule has 0 bridgehead atoms. The maximum absolute atomic E-state index is 11.1. The van der Waals surface area contributed by atoms with E-state index in [1.165, 1.54) is 11.1 Å². The Bertz CT molecular complexity index is 590. The molecule has 0 aromatic heterocycles. The van der Waals surface area contributed by atoms with E-state index in [1.807, 2.05) is 6.07 Å². The Morgan fingerprint density at radius 2 is 1.77 bits per heavy atom. The molecule has 0 saturated carbocycles. The van der Waals surface area contributed by atoms with Crippen LogP contribution in [0.4, 0.5) is 0 Å². The van der Waals surface area contributed by atoms with Crippen LogP contribution in [0.5, 0.6) is 0 Å². The Kier molecular flexibility index (Phi) is 4.41. The fraction of sp³-hybridized carbons (Fsp3) is 0.611. The number of nitroso groups, excluding NO2 is 1. The molecule has 0 fully saturated rings. The van der Waals surface area contributed by atoms with Gasteiger partial charge < -0.3 is 5.11 Å². The van der Waals surface area contributed by atoms with Gasteiger partial charge in [0.15, 0.2) is 0 Å². The van der Waals surface area contributed by atoms with Crippen molar-refractivity contribution in [1.29, 1.82) is 0 Å². The van der Waals surface area contributed by atoms with Gasteiger partial charge in [-0.15, -0.1) is 0 Å². The number of benzene rings is 1. The molecule has 2 rings (SSSR count). The highest BCUT2D eigenvalue weighted by atomic mass is 16.4. The molecular weight excluding hydrogens is 278 g/mol. The summed E-state index contributed by atoms with van der Waals surface area (Å²) in [5, 5.41) is 12.0. The summed E-state index contributed by atoms with van der Waals surface area (Å²) < 4.78 is 0. The number of fused-ring (bicyclic) bond motifs is 1. The summed E-state index contributed by atoms with van der Waals surface area (Å²) in [6, 6.07) is 5.53. The van der Waals surface area contributed by atoms with E-state index in [0.717, 1.165) is 18.4 Å². The Morgan fingerprint density at radius 1 is 1.18 bits per heavy atom. The molecule has 120 valence electrons. The van der Waals surface area contributed by atoms with Crippen LogP contribution >= 0.6 is 0 Å². The van der Waals surface area contributed by atoms with Gasteiger partial charge in [0.25, 0.3) is 0 Å². The molecule has 1 aliphatic carbocycles. The van der Waals surface area contributed by atoms with Crippen molar-refractivity contribution in [2.24, 2.45) is 5.18 Å². The number of carboxylic acids is 1. The number of aliphatic carboxylic acids is 1. The molecule has 0 heterocycles. The van der Waals surface area contributed by atoms with Gasteiger partial charge in [0.1, 0.15) is 6.04 Å². The molecule has 0 radical (unpaired) electrons. The number of carboxylic acid groups (broad SMARTS) is 1. The van der Waals surface area contributed by atoms with Crippen LogP contribution in [0.1, 0.15) is 76.1 Å². The summed E-state index contributed by atoms with van der Waals surface area (Å²) >= 11 is 0. The molecule has 0 aliphatic heterocycles. The van der Waals surface area contributed by atoms with Crippen molar-refractivity contribution in [1.82, 2.24) is 0 Å². The Balaban J connectivity index is 2.40. The fourth-order valence-electron chi connectivity index (χ4n) is 3.35. The van der Waals surface area contributed by atoms with Crippen LogP contribution in [0.15, 0.2) is 23.4 Å². The monoisotopic (exact) mass is 303 g/mol. The van der Waals surface area contributed by atoms with Crippen LogP contribution in [-0.2, 0) is 15.6 Å². The Morgan fingerprint density at radius 3 is 2.32 bits per heavy atom. The summed E-state index contributed by atoms with van der Waals surface area (Å²) in [6.45, 7) is 8.96. The van der Waals surface area contributed by atoms with Gasteiger partial charge in [0, 0.05) is 6.42 Å². The quantitative estimate of drug-likeness (QED) is 0.801. The average Bonchev–Trinajstić information content (AvgIpc) is 2.44. The third-order valence-electron chi connectivity index (χ3n) is 5.02. The van der Waals surface area contributed by atoms with Gasteiger partial charge in [0.05, 0.1) is 0 Å². The molecular formula is C18H25NO3. The van der Waals surface area contributed by atoms with Crippen LogP contribution in [0.3, 0.4) is 0 Å². The van der Waals surface area contributed by atoms with Crippen LogP contribution < -0.4 is 0 Å². The van der Waals surface area contributed by atoms with Crippen molar-refractivity contribution in [3.05, 3.63) is 39.8 Å². The maximum atomic E-state index is 11.1. The summed E-state index contributed by atoms with van der Waals surface area (Å²) in [5.41, 5.74) is 3.64. The minimum Gasteiger partial charge on any atom is -0.481 e. The molecule has 1 unspecified atom stereocenters. The van der Waals surface area contributed by atoms with E-state index >= 15 is 0 Å². The first-order valence-electron chi connectivity index (χ1n) is 7.86. The lowest BCUT2D eigenvalue weighted by molar-refractivity contribution is -0.137. The molecule has 1 atom stereocenters. The fourth-order valence-corrected chi connectivity index (χ4v) is 3.35. The summed E-state index contributed by atoms with van der Waals surface area (Å²) in [6.07, 6.45) is 2.45. The highest BCUT2D eigenvalue weighted by Gasteiger charge is 2.37. The highest BCUT2D eigenvalue weighted by Crippen LogP contribution is 2.46. The molecule has 4 heteroatoms. The smallest absolute Gasteiger partial charge is 0.303 e. The van der Waals surface area contributed by atoms with Crippen LogP contribution in [0, 0.1) is 4.91 Å². The largest absolute Gasteiger partial charge is 0.481 e. The number of hydrogen-bond donors (Lipinski definition) is 1. The van der Waals surface area contributed by atoms with Crippen molar-refractivity contribution >= 4 is 5.97 Å². The van der Waals surface area contributed by atoms with E-state index in [-0.39, 0.29) is 23.7 Å². The predicted molar refractivity (Wildman–Crippen MR) is 87.1 cm³/mol. The minimum atomic E-state index is -0.895. The normalized spacial score (nSPS) is 20.0. The van der Waals surface area contributed by atoms with Crippen LogP contribution in [0.2, 0.25) is 0 Å². The first kappa shape index (κ1) is 16.7. The highest BCUT2D eigenvalue weighted by molar-refractivity contribution is 5.66. The second-order valence-corrected chi connectivity index (χ2v) is 7.63. The molecule has 1 aliphatic rings. The van der Waals surface area contributed by atoms with Gasteiger partial charge >= 0.3 is 5.97 Å². The number of nitrogens with zero attached hydrogens (tertiary/aromatic N) is 1. The van der Waals surface area contributed by atoms with Crippen LogP contribution in [-0.4, -0.2) is 11.1 Å². The second-order valence-electron chi connectivity index (χ2n) is 7.63. The topological polar surface area (TPSA) is 66.7 Å². The zero-order chi connectivity index (χ0) is 16.5. The number of carbonyl (C=O) groups is 1. The van der Waals surface area contributed by atoms with Gasteiger partial charge in [-0.3, -0.25) is 4.79 Å². The lowest BCUT2D eigenvalue weighted by Gasteiger charge is -2.42. The third kappa shape index (κ3) is 3.21. The number of hydrogen-bond acceptors (Lipinski definition) is 3. The molecule has 22 heavy (non-hydrogen) atoms. The Hall–Kier alpha value is -1.71. The van der Waals surface area contributed by atoms with Crippen LogP contribution in [0.25, 0.3) is 0 Å². The zero-order valence-electron chi connectivity index (χ0n) is 13.8. The maximum Gasteiger partial charge on any atom is 0.303 e. The van der Waals surface area contributed by atoms with E-state index in [2.05, 4.69) is 45.0 Å². The van der Waals surface area contributed by atoms with Gasteiger partial charge in [0.2, 0.25) is 0 Å². The molecule has 4 nitrogen and oxygen atoms in total. The summed E-state index contributed by atoms with van der Waals surface area (Å²) in [5.74, 6) is -0.895. The van der Waals surface area contributed by atoms with Gasteiger partial charge in [-0.25, -0.2) is 0 Å². The van der Waals surface area contributed by atoms with Gasteiger partial charge in [-0.2, -0.15) is 4.91 Å². The zero-order valence-corrected chi connectivity index (χ0v) is 13.8. The van der Waals surface area contributed by atoms with Crippen molar-refractivity contribution in [2.75, 3.05) is 0 Å². The average molecular weight is 303 g/mol. The van der Waals surface area contributed by atoms with Crippen molar-refractivity contribution < 1.29 is 9.90 Å². The molecule has 0 saturated heterocycles. The SMILES string of the molecule is CC1(C)CCC(C)(C)c2cc(C(CCC(=O)O)N=O)ccc21. The second kappa shape index (κ2) is 5.82. The molecule has 1 aromatic rings. The first-order valence-corrected chi connectivity index (χ1v) is 7.86. The number of rotatable bonds is 5. The minimum absolute atomic E-state index is 0.0393. The van der Waals surface area contributed by atoms with Gasteiger partial charge in [-0.05, 0) is 46.8 Å². The molecule has 0 spiro atoms. The molecule has 0 amide bonds. The predicted octanol–water partition coefficient (Wildman–Crippen LogP) is 4.71. The lowest BCUT2D eigenvalue weighted by atomic mass is 9.63. The van der Waals surface area contributed by atoms with E-state index in [9.17, 15) is 9.70 Å². The third-order valence-corrected chi connectivity index (χ3v) is 5.02. The van der Waals surface area contributed by atoms with Crippen molar-refractivity contribution in [3.8, 4) is 0 Å². The molecule has 1 aromatic carbocycles. The summed E-state index contributed by atoms with van der Waals surface area (Å²) in [4.78, 5) is 21.9. The van der Waals surface area contributed by atoms with Crippen molar-refractivity contribution in [2.45, 2.75) is 70.3 Å². The standard InChI is InChI=1S/C18H25NO3/c1-17(2)9-10-18(3,4)14-11-12(5-6-13(14)17)15(19-22)7-8-16(20)21/h5-6,11,15H,7-10H2,1-4H3,(H,20,21). The molecule has 1 N–H and O–H groups in total. The van der Waals surface area contributed by atoms with E-state index < -0.39 is 12.0 Å². The van der Waals surface area contributed by atoms with E-state index in [0.29, 0.717) is 0 Å². The summed E-state index contributed by atoms with van der Waals surface area (Å²) in [7, 11) is 0.